The molecule has 0 aliphatic rings. The lowest BCUT2D eigenvalue weighted by atomic mass is 10.4. The number of rotatable bonds is 5. The minimum Gasteiger partial charge on any atom is -0.258 e. The van der Waals surface area contributed by atoms with E-state index in [1.165, 1.54) is 14.0 Å². The van der Waals surface area contributed by atoms with Gasteiger partial charge in [0.25, 0.3) is 6.08 Å². The van der Waals surface area contributed by atoms with Gasteiger partial charge < -0.3 is 0 Å². The van der Waals surface area contributed by atoms with E-state index in [0.717, 1.165) is 4.68 Å². The van der Waals surface area contributed by atoms with Crippen molar-refractivity contribution in [3.8, 4) is 0 Å². The van der Waals surface area contributed by atoms with Crippen LogP contribution in [0, 0.1) is 17.0 Å². The zero-order chi connectivity index (χ0) is 14.8. The molecule has 7 nitrogen and oxygen atoms in total. The van der Waals surface area contributed by atoms with Crippen LogP contribution in [0.15, 0.2) is 17.2 Å². The molecule has 19 heavy (non-hydrogen) atoms. The molecule has 1 rings (SSSR count). The number of nitrogens with zero attached hydrogens (tertiary/aromatic N) is 3. The predicted molar refractivity (Wildman–Crippen MR) is 61.6 cm³/mol. The number of hydrogen-bond acceptors (Lipinski definition) is 5. The molecular formula is C9H11F2N3O4S. The molecule has 0 aliphatic heterocycles. The van der Waals surface area contributed by atoms with Crippen molar-refractivity contribution >= 4 is 15.5 Å². The van der Waals surface area contributed by atoms with Gasteiger partial charge in [-0.2, -0.15) is 13.9 Å². The Bertz CT molecular complexity index is 632. The molecule has 0 atom stereocenters. The summed E-state index contributed by atoms with van der Waals surface area (Å²) in [6, 6.07) is 0. The monoisotopic (exact) mass is 295 g/mol. The Balaban J connectivity index is 3.22. The van der Waals surface area contributed by atoms with Crippen molar-refractivity contribution in [3.05, 3.63) is 28.0 Å². The van der Waals surface area contributed by atoms with Crippen LogP contribution in [0.5, 0.6) is 0 Å². The molecule has 106 valence electrons. The first-order valence-corrected chi connectivity index (χ1v) is 6.74. The van der Waals surface area contributed by atoms with Gasteiger partial charge in [-0.25, -0.2) is 8.42 Å². The van der Waals surface area contributed by atoms with Crippen molar-refractivity contribution in [1.29, 1.82) is 0 Å². The number of nitro groups is 1. The summed E-state index contributed by atoms with van der Waals surface area (Å²) in [6.45, 7) is 1.30. The van der Waals surface area contributed by atoms with E-state index in [-0.39, 0.29) is 5.69 Å². The SMILES string of the molecule is Cc1nn(C)c(S(=O)(=O)CCC=C(F)F)c1[N+](=O)[O-]. The van der Waals surface area contributed by atoms with E-state index in [0.29, 0.717) is 6.08 Å². The van der Waals surface area contributed by atoms with Crippen molar-refractivity contribution in [3.63, 3.8) is 0 Å². The molecule has 0 aliphatic carbocycles. The lowest BCUT2D eigenvalue weighted by molar-refractivity contribution is -0.388. The number of halogens is 2. The topological polar surface area (TPSA) is 95.1 Å². The Morgan fingerprint density at radius 3 is 2.58 bits per heavy atom. The van der Waals surface area contributed by atoms with E-state index < -0.39 is 43.7 Å². The molecule has 0 saturated carbocycles. The van der Waals surface area contributed by atoms with E-state index in [1.54, 1.807) is 0 Å². The highest BCUT2D eigenvalue weighted by molar-refractivity contribution is 7.91. The highest BCUT2D eigenvalue weighted by Crippen LogP contribution is 2.27. The van der Waals surface area contributed by atoms with Crippen molar-refractivity contribution < 1.29 is 22.1 Å². The fraction of sp³-hybridized carbons (Fsp3) is 0.444. The van der Waals surface area contributed by atoms with Crippen LogP contribution in [0.1, 0.15) is 12.1 Å². The van der Waals surface area contributed by atoms with Gasteiger partial charge in [-0.1, -0.05) is 0 Å². The fourth-order valence-corrected chi connectivity index (χ4v) is 3.19. The molecule has 0 amide bonds. The lowest BCUT2D eigenvalue weighted by Gasteiger charge is -2.02. The van der Waals surface area contributed by atoms with Crippen molar-refractivity contribution in [2.45, 2.75) is 18.4 Å². The van der Waals surface area contributed by atoms with Crippen LogP contribution in [0.2, 0.25) is 0 Å². The number of sulfone groups is 1. The van der Waals surface area contributed by atoms with E-state index in [4.69, 9.17) is 0 Å². The second-order valence-electron chi connectivity index (χ2n) is 3.72. The van der Waals surface area contributed by atoms with Gasteiger partial charge in [0.1, 0.15) is 5.69 Å². The summed E-state index contributed by atoms with van der Waals surface area (Å²) in [5.41, 5.74) is -0.662. The molecular weight excluding hydrogens is 284 g/mol. The van der Waals surface area contributed by atoms with Crippen LogP contribution >= 0.6 is 0 Å². The number of aryl methyl sites for hydroxylation is 2. The molecule has 1 heterocycles. The van der Waals surface area contributed by atoms with Gasteiger partial charge in [0.15, 0.2) is 0 Å². The van der Waals surface area contributed by atoms with Gasteiger partial charge in [-0.15, -0.1) is 0 Å². The van der Waals surface area contributed by atoms with Gasteiger partial charge in [0.05, 0.1) is 10.7 Å². The maximum atomic E-state index is 11.9. The van der Waals surface area contributed by atoms with Gasteiger partial charge in [0, 0.05) is 7.05 Å². The highest BCUT2D eigenvalue weighted by atomic mass is 32.2. The molecule has 0 aromatic carbocycles. The van der Waals surface area contributed by atoms with Crippen LogP contribution in [0.4, 0.5) is 14.5 Å². The Morgan fingerprint density at radius 1 is 1.53 bits per heavy atom. The standard InChI is InChI=1S/C9H11F2N3O4S/c1-6-8(14(15)16)9(13(2)12-6)19(17,18)5-3-4-7(10)11/h4H,3,5H2,1-2H3. The minimum atomic E-state index is -4.06. The third-order valence-electron chi connectivity index (χ3n) is 2.30. The maximum Gasteiger partial charge on any atom is 0.328 e. The molecule has 0 saturated heterocycles. The second kappa shape index (κ2) is 5.43. The Kier molecular flexibility index (Phi) is 4.35. The molecule has 10 heteroatoms. The fourth-order valence-electron chi connectivity index (χ4n) is 1.60. The third-order valence-corrected chi connectivity index (χ3v) is 4.12. The maximum absolute atomic E-state index is 11.9. The normalized spacial score (nSPS) is 11.4. The molecule has 0 spiro atoms. The molecule has 0 bridgehead atoms. The summed E-state index contributed by atoms with van der Waals surface area (Å²) in [5.74, 6) is -0.649. The van der Waals surface area contributed by atoms with E-state index in [1.807, 2.05) is 0 Å². The van der Waals surface area contributed by atoms with Gasteiger partial charge >= 0.3 is 5.69 Å². The summed E-state index contributed by atoms with van der Waals surface area (Å²) in [4.78, 5) is 9.99. The summed E-state index contributed by atoms with van der Waals surface area (Å²) >= 11 is 0. The van der Waals surface area contributed by atoms with Gasteiger partial charge in [-0.05, 0) is 19.4 Å². The Hall–Kier alpha value is -1.84. The van der Waals surface area contributed by atoms with E-state index >= 15 is 0 Å². The predicted octanol–water partition coefficient (Wildman–Crippen LogP) is 1.58. The van der Waals surface area contributed by atoms with Crippen LogP contribution < -0.4 is 0 Å². The Labute approximate surface area is 107 Å². The quantitative estimate of drug-likeness (QED) is 0.607. The van der Waals surface area contributed by atoms with Crippen LogP contribution in [0.25, 0.3) is 0 Å². The first-order chi connectivity index (χ1) is 8.66. The number of allylic oxidation sites excluding steroid dienone is 1. The van der Waals surface area contributed by atoms with Crippen molar-refractivity contribution in [2.75, 3.05) is 5.75 Å². The summed E-state index contributed by atoms with van der Waals surface area (Å²) in [6.07, 6.45) is -1.97. The van der Waals surface area contributed by atoms with Gasteiger partial charge in [0.2, 0.25) is 14.9 Å². The molecule has 0 fully saturated rings. The van der Waals surface area contributed by atoms with Crippen molar-refractivity contribution in [2.24, 2.45) is 7.05 Å². The van der Waals surface area contributed by atoms with Crippen LogP contribution in [-0.4, -0.2) is 28.9 Å². The molecule has 0 radical (unpaired) electrons. The number of hydrogen-bond donors (Lipinski definition) is 0. The lowest BCUT2D eigenvalue weighted by Crippen LogP contribution is -2.13. The largest absolute Gasteiger partial charge is 0.328 e. The second-order valence-corrected chi connectivity index (χ2v) is 5.75. The summed E-state index contributed by atoms with van der Waals surface area (Å²) in [7, 11) is -2.81. The average molecular weight is 295 g/mol. The van der Waals surface area contributed by atoms with Crippen molar-refractivity contribution in [1.82, 2.24) is 9.78 Å². The summed E-state index contributed by atoms with van der Waals surface area (Å²) in [5, 5.41) is 13.9. The molecule has 1 aromatic rings. The Morgan fingerprint density at radius 2 is 2.11 bits per heavy atom. The zero-order valence-corrected chi connectivity index (χ0v) is 10.9. The highest BCUT2D eigenvalue weighted by Gasteiger charge is 2.33. The van der Waals surface area contributed by atoms with E-state index in [2.05, 4.69) is 5.10 Å². The molecule has 0 N–H and O–H groups in total. The first-order valence-electron chi connectivity index (χ1n) is 5.08. The first kappa shape index (κ1) is 15.2. The minimum absolute atomic E-state index is 0.0433. The molecule has 0 unspecified atom stereocenters. The summed E-state index contributed by atoms with van der Waals surface area (Å²) < 4.78 is 48.4. The smallest absolute Gasteiger partial charge is 0.258 e. The third kappa shape index (κ3) is 3.34. The zero-order valence-electron chi connectivity index (χ0n) is 10.1. The van der Waals surface area contributed by atoms with E-state index in [9.17, 15) is 27.3 Å². The molecule has 1 aromatic heterocycles. The average Bonchev–Trinajstić information content (AvgIpc) is 2.53. The van der Waals surface area contributed by atoms with Gasteiger partial charge in [-0.3, -0.25) is 14.8 Å². The number of aromatic nitrogens is 2. The van der Waals surface area contributed by atoms with Crippen LogP contribution in [-0.2, 0) is 16.9 Å². The van der Waals surface area contributed by atoms with Crippen LogP contribution in [0.3, 0.4) is 0 Å².